The molecule has 5 rings (SSSR count). The molecule has 0 bridgehead atoms. The molecule has 1 aromatic heterocycles. The number of nitrogens with zero attached hydrogens (tertiary/aromatic N) is 3. The number of hydrogen-bond acceptors (Lipinski definition) is 7. The fraction of sp³-hybridized carbons (Fsp3) is 0.345. The Morgan fingerprint density at radius 3 is 2.50 bits per heavy atom. The summed E-state index contributed by atoms with van der Waals surface area (Å²) in [6.45, 7) is 2.04. The number of sulfonamides is 1. The lowest BCUT2D eigenvalue weighted by atomic mass is 9.92. The van der Waals surface area contributed by atoms with Crippen molar-refractivity contribution in [1.82, 2.24) is 19.7 Å². The number of pyridine rings is 1. The maximum Gasteiger partial charge on any atom is 0.267 e. The number of benzene rings is 2. The minimum atomic E-state index is -3.98. The van der Waals surface area contributed by atoms with Gasteiger partial charge < -0.3 is 9.64 Å². The number of hydroxylamine groups is 1. The standard InChI is InChI=1S/C29H32N4O6S/c1-20-17-22(25-9-5-6-10-26(25)30-20)19-39-23-11-13-24(14-12-23)40(37,38)32-15-16-33(27(18-32)28(34)31-36)29(35)21-7-3-2-4-8-21/h2-4,7-8,11-14,17,27,36H,5-6,9-10,15-16,18-19H2,1H3,(H,31,34). The van der Waals surface area contributed by atoms with Crippen molar-refractivity contribution < 1.29 is 28.0 Å². The molecule has 1 aliphatic carbocycles. The number of carbonyl (C=O) groups excluding carboxylic acids is 2. The van der Waals surface area contributed by atoms with Gasteiger partial charge in [-0.1, -0.05) is 18.2 Å². The van der Waals surface area contributed by atoms with Crippen molar-refractivity contribution in [3.05, 3.63) is 88.7 Å². The molecule has 2 amide bonds. The minimum Gasteiger partial charge on any atom is -0.489 e. The maximum atomic E-state index is 13.5. The monoisotopic (exact) mass is 564 g/mol. The first-order chi connectivity index (χ1) is 19.3. The lowest BCUT2D eigenvalue weighted by molar-refractivity contribution is -0.135. The molecule has 0 spiro atoms. The fourth-order valence-corrected chi connectivity index (χ4v) is 6.79. The number of amides is 2. The first kappa shape index (κ1) is 27.8. The highest BCUT2D eigenvalue weighted by molar-refractivity contribution is 7.89. The number of piperazine rings is 1. The molecule has 210 valence electrons. The summed E-state index contributed by atoms with van der Waals surface area (Å²) in [6.07, 6.45) is 4.24. The maximum absolute atomic E-state index is 13.5. The van der Waals surface area contributed by atoms with Crippen LogP contribution >= 0.6 is 0 Å². The molecule has 1 aliphatic heterocycles. The van der Waals surface area contributed by atoms with E-state index in [1.54, 1.807) is 47.9 Å². The summed E-state index contributed by atoms with van der Waals surface area (Å²) in [5, 5.41) is 9.28. The van der Waals surface area contributed by atoms with Crippen molar-refractivity contribution in [1.29, 1.82) is 0 Å². The number of aryl methyl sites for hydroxylation is 2. The molecule has 0 radical (unpaired) electrons. The van der Waals surface area contributed by atoms with Gasteiger partial charge in [0, 0.05) is 36.6 Å². The van der Waals surface area contributed by atoms with Crippen LogP contribution in [0.2, 0.25) is 0 Å². The van der Waals surface area contributed by atoms with Crippen LogP contribution in [0, 0.1) is 6.92 Å². The number of aromatic nitrogens is 1. The van der Waals surface area contributed by atoms with E-state index in [9.17, 15) is 23.2 Å². The summed E-state index contributed by atoms with van der Waals surface area (Å²) in [5.74, 6) is -0.742. The predicted molar refractivity (Wildman–Crippen MR) is 146 cm³/mol. The smallest absolute Gasteiger partial charge is 0.267 e. The van der Waals surface area contributed by atoms with E-state index in [2.05, 4.69) is 4.98 Å². The third-order valence-electron chi connectivity index (χ3n) is 7.41. The van der Waals surface area contributed by atoms with E-state index in [-0.39, 0.29) is 24.5 Å². The minimum absolute atomic E-state index is 0.000864. The lowest BCUT2D eigenvalue weighted by Crippen LogP contribution is -2.61. The van der Waals surface area contributed by atoms with Gasteiger partial charge in [-0.05, 0) is 86.2 Å². The average molecular weight is 565 g/mol. The Balaban J connectivity index is 1.28. The SMILES string of the molecule is Cc1cc(COc2ccc(S(=O)(=O)N3CCN(C(=O)c4ccccc4)C(C(=O)NO)C3)cc2)c2c(n1)CCCC2. The molecule has 11 heteroatoms. The molecule has 2 heterocycles. The predicted octanol–water partition coefficient (Wildman–Crippen LogP) is 2.87. The zero-order chi connectivity index (χ0) is 28.3. The van der Waals surface area contributed by atoms with Crippen LogP contribution in [0.15, 0.2) is 65.6 Å². The Bertz CT molecular complexity index is 1490. The summed E-state index contributed by atoms with van der Waals surface area (Å²) in [4.78, 5) is 31.5. The topological polar surface area (TPSA) is 129 Å². The molecule has 0 saturated carbocycles. The van der Waals surface area contributed by atoms with Crippen LogP contribution in [0.5, 0.6) is 5.75 Å². The van der Waals surface area contributed by atoms with Gasteiger partial charge in [-0.2, -0.15) is 4.31 Å². The molecule has 1 unspecified atom stereocenters. The molecule has 1 atom stereocenters. The van der Waals surface area contributed by atoms with Gasteiger partial charge in [0.1, 0.15) is 18.4 Å². The Hall–Kier alpha value is -3.80. The Labute approximate surface area is 233 Å². The second-order valence-corrected chi connectivity index (χ2v) is 12.0. The molecule has 2 aromatic carbocycles. The number of rotatable bonds is 7. The molecule has 1 saturated heterocycles. The Morgan fingerprint density at radius 2 is 1.77 bits per heavy atom. The lowest BCUT2D eigenvalue weighted by Gasteiger charge is -2.39. The van der Waals surface area contributed by atoms with Crippen LogP contribution in [-0.4, -0.2) is 65.3 Å². The van der Waals surface area contributed by atoms with Crippen LogP contribution < -0.4 is 10.2 Å². The molecule has 2 N–H and O–H groups in total. The van der Waals surface area contributed by atoms with Crippen LogP contribution in [0.25, 0.3) is 0 Å². The third kappa shape index (κ3) is 5.72. The highest BCUT2D eigenvalue weighted by Gasteiger charge is 2.40. The Morgan fingerprint density at radius 1 is 1.05 bits per heavy atom. The largest absolute Gasteiger partial charge is 0.489 e. The summed E-state index contributed by atoms with van der Waals surface area (Å²) in [6, 6.07) is 15.4. The second kappa shape index (κ2) is 11.7. The molecule has 10 nitrogen and oxygen atoms in total. The normalized spacial score (nSPS) is 17.6. The van der Waals surface area contributed by atoms with Gasteiger partial charge in [-0.25, -0.2) is 13.9 Å². The van der Waals surface area contributed by atoms with Gasteiger partial charge in [0.05, 0.1) is 4.90 Å². The summed E-state index contributed by atoms with van der Waals surface area (Å²) in [5.41, 5.74) is 6.39. The number of nitrogens with one attached hydrogen (secondary N) is 1. The van der Waals surface area contributed by atoms with Gasteiger partial charge in [-0.15, -0.1) is 0 Å². The van der Waals surface area contributed by atoms with Crippen molar-refractivity contribution in [3.8, 4) is 5.75 Å². The van der Waals surface area contributed by atoms with Gasteiger partial charge >= 0.3 is 0 Å². The molecular weight excluding hydrogens is 532 g/mol. The van der Waals surface area contributed by atoms with E-state index >= 15 is 0 Å². The zero-order valence-corrected chi connectivity index (χ0v) is 23.1. The van der Waals surface area contributed by atoms with Crippen molar-refractivity contribution in [2.45, 2.75) is 50.2 Å². The van der Waals surface area contributed by atoms with E-state index < -0.39 is 27.9 Å². The highest BCUT2D eigenvalue weighted by atomic mass is 32.2. The van der Waals surface area contributed by atoms with Crippen molar-refractivity contribution in [2.24, 2.45) is 0 Å². The number of fused-ring (bicyclic) bond motifs is 1. The van der Waals surface area contributed by atoms with Crippen molar-refractivity contribution >= 4 is 21.8 Å². The summed E-state index contributed by atoms with van der Waals surface area (Å²) < 4.78 is 34.1. The van der Waals surface area contributed by atoms with Gasteiger partial charge in [0.2, 0.25) is 10.0 Å². The van der Waals surface area contributed by atoms with E-state index in [1.807, 2.05) is 13.0 Å². The quantitative estimate of drug-likeness (QED) is 0.334. The second-order valence-electron chi connectivity index (χ2n) is 10.0. The molecule has 2 aliphatic rings. The third-order valence-corrected chi connectivity index (χ3v) is 9.29. The number of hydrogen-bond donors (Lipinski definition) is 2. The van der Waals surface area contributed by atoms with E-state index in [0.29, 0.717) is 17.9 Å². The fourth-order valence-electron chi connectivity index (χ4n) is 5.35. The Kier molecular flexibility index (Phi) is 8.15. The first-order valence-corrected chi connectivity index (χ1v) is 14.7. The van der Waals surface area contributed by atoms with Crippen molar-refractivity contribution in [2.75, 3.05) is 19.6 Å². The molecule has 3 aromatic rings. The summed E-state index contributed by atoms with van der Waals surface area (Å²) >= 11 is 0. The zero-order valence-electron chi connectivity index (χ0n) is 22.2. The van der Waals surface area contributed by atoms with E-state index in [1.165, 1.54) is 22.6 Å². The van der Waals surface area contributed by atoms with Crippen LogP contribution in [-0.2, 0) is 34.3 Å². The number of ether oxygens (including phenoxy) is 1. The van der Waals surface area contributed by atoms with Crippen LogP contribution in [0.3, 0.4) is 0 Å². The first-order valence-electron chi connectivity index (χ1n) is 13.3. The van der Waals surface area contributed by atoms with Gasteiger partial charge in [-0.3, -0.25) is 19.8 Å². The summed E-state index contributed by atoms with van der Waals surface area (Å²) in [7, 11) is -3.98. The van der Waals surface area contributed by atoms with E-state index in [4.69, 9.17) is 4.74 Å². The molecule has 40 heavy (non-hydrogen) atoms. The van der Waals surface area contributed by atoms with Gasteiger partial charge in [0.15, 0.2) is 0 Å². The van der Waals surface area contributed by atoms with Crippen LogP contribution in [0.4, 0.5) is 0 Å². The molecular formula is C29H32N4O6S. The van der Waals surface area contributed by atoms with Gasteiger partial charge in [0.25, 0.3) is 11.8 Å². The van der Waals surface area contributed by atoms with E-state index in [0.717, 1.165) is 46.9 Å². The van der Waals surface area contributed by atoms with Crippen molar-refractivity contribution in [3.63, 3.8) is 0 Å². The van der Waals surface area contributed by atoms with Crippen LogP contribution in [0.1, 0.15) is 45.7 Å². The average Bonchev–Trinajstić information content (AvgIpc) is 2.99. The number of carbonyl (C=O) groups is 2. The molecule has 1 fully saturated rings. The highest BCUT2D eigenvalue weighted by Crippen LogP contribution is 2.27.